The zero-order chi connectivity index (χ0) is 18.9. The molecule has 3 rings (SSSR count). The lowest BCUT2D eigenvalue weighted by atomic mass is 9.97. The van der Waals surface area contributed by atoms with Crippen LogP contribution in [0.4, 0.5) is 0 Å². The number of aliphatic hydroxyl groups excluding tert-OH is 2. The van der Waals surface area contributed by atoms with Crippen molar-refractivity contribution in [2.75, 3.05) is 6.61 Å². The standard InChI is InChI=1S/C20H20N2O4/c1-20(2)11-16(15-9-13(12-21)3-4-18(15)26-20)22-7-5-14(10-19(22)25)17(24)6-8-23/h3-5,7,9-11,17,23-24H,6,8H2,1-2H3. The highest BCUT2D eigenvalue weighted by atomic mass is 16.5. The van der Waals surface area contributed by atoms with Gasteiger partial charge in [-0.05, 0) is 49.8 Å². The maximum atomic E-state index is 12.7. The molecule has 1 aromatic heterocycles. The van der Waals surface area contributed by atoms with Crippen molar-refractivity contribution < 1.29 is 14.9 Å². The van der Waals surface area contributed by atoms with Crippen LogP contribution in [0.1, 0.15) is 43.1 Å². The SMILES string of the molecule is CC1(C)C=C(n2ccc(C(O)CCO)cc2=O)c2cc(C#N)ccc2O1. The minimum Gasteiger partial charge on any atom is -0.483 e. The number of aromatic nitrogens is 1. The van der Waals surface area contributed by atoms with Gasteiger partial charge in [-0.3, -0.25) is 9.36 Å². The molecule has 1 aromatic carbocycles. The number of rotatable bonds is 4. The highest BCUT2D eigenvalue weighted by molar-refractivity contribution is 5.74. The molecule has 0 saturated carbocycles. The normalized spacial score (nSPS) is 16.0. The van der Waals surface area contributed by atoms with Crippen LogP contribution in [-0.4, -0.2) is 27.0 Å². The van der Waals surface area contributed by atoms with Crippen molar-refractivity contribution in [3.05, 3.63) is 69.6 Å². The average molecular weight is 352 g/mol. The molecule has 1 aliphatic rings. The highest BCUT2D eigenvalue weighted by Crippen LogP contribution is 2.36. The molecule has 26 heavy (non-hydrogen) atoms. The maximum Gasteiger partial charge on any atom is 0.255 e. The second-order valence-corrected chi connectivity index (χ2v) is 6.75. The molecule has 6 heteroatoms. The number of nitrogens with zero attached hydrogens (tertiary/aromatic N) is 2. The number of pyridine rings is 1. The Hall–Kier alpha value is -2.88. The van der Waals surface area contributed by atoms with Crippen LogP contribution in [0.25, 0.3) is 5.70 Å². The molecule has 0 aliphatic carbocycles. The molecule has 0 amide bonds. The Morgan fingerprint density at radius 3 is 2.73 bits per heavy atom. The van der Waals surface area contributed by atoms with Crippen LogP contribution in [0.5, 0.6) is 5.75 Å². The molecule has 1 unspecified atom stereocenters. The second kappa shape index (κ2) is 6.79. The molecule has 0 fully saturated rings. The smallest absolute Gasteiger partial charge is 0.255 e. The van der Waals surface area contributed by atoms with Crippen molar-refractivity contribution in [1.82, 2.24) is 4.57 Å². The van der Waals surface area contributed by atoms with Crippen LogP contribution < -0.4 is 10.3 Å². The molecule has 0 radical (unpaired) electrons. The summed E-state index contributed by atoms with van der Waals surface area (Å²) in [7, 11) is 0. The first-order chi connectivity index (χ1) is 12.3. The molecule has 2 N–H and O–H groups in total. The van der Waals surface area contributed by atoms with Gasteiger partial charge >= 0.3 is 0 Å². The molecule has 1 atom stereocenters. The van der Waals surface area contributed by atoms with Crippen LogP contribution in [-0.2, 0) is 0 Å². The Bertz CT molecular complexity index is 967. The molecule has 134 valence electrons. The molecular formula is C20H20N2O4. The third-order valence-corrected chi connectivity index (χ3v) is 4.23. The fraction of sp³-hybridized carbons (Fsp3) is 0.300. The van der Waals surface area contributed by atoms with Gasteiger partial charge in [0.1, 0.15) is 11.4 Å². The summed E-state index contributed by atoms with van der Waals surface area (Å²) < 4.78 is 7.41. The summed E-state index contributed by atoms with van der Waals surface area (Å²) in [6.45, 7) is 3.61. The number of hydrogen-bond acceptors (Lipinski definition) is 5. The predicted molar refractivity (Wildman–Crippen MR) is 96.6 cm³/mol. The minimum absolute atomic E-state index is 0.161. The van der Waals surface area contributed by atoms with E-state index in [0.29, 0.717) is 28.1 Å². The lowest BCUT2D eigenvalue weighted by Gasteiger charge is -2.31. The Kier molecular flexibility index (Phi) is 4.68. The van der Waals surface area contributed by atoms with E-state index in [-0.39, 0.29) is 18.6 Å². The number of benzene rings is 1. The number of fused-ring (bicyclic) bond motifs is 1. The molecule has 6 nitrogen and oxygen atoms in total. The van der Waals surface area contributed by atoms with E-state index in [2.05, 4.69) is 6.07 Å². The van der Waals surface area contributed by atoms with E-state index in [1.807, 2.05) is 19.9 Å². The number of ether oxygens (including phenoxy) is 1. The van der Waals surface area contributed by atoms with Crippen LogP contribution in [0.15, 0.2) is 47.4 Å². The van der Waals surface area contributed by atoms with E-state index in [4.69, 9.17) is 9.84 Å². The van der Waals surface area contributed by atoms with Gasteiger partial charge in [-0.2, -0.15) is 5.26 Å². The number of aliphatic hydroxyl groups is 2. The van der Waals surface area contributed by atoms with Crippen LogP contribution in [0.3, 0.4) is 0 Å². The number of hydrogen-bond donors (Lipinski definition) is 2. The minimum atomic E-state index is -0.889. The molecule has 1 aliphatic heterocycles. The quantitative estimate of drug-likeness (QED) is 0.879. The van der Waals surface area contributed by atoms with Crippen LogP contribution >= 0.6 is 0 Å². The first kappa shape index (κ1) is 17.9. The lowest BCUT2D eigenvalue weighted by molar-refractivity contribution is 0.134. The Morgan fingerprint density at radius 1 is 1.31 bits per heavy atom. The van der Waals surface area contributed by atoms with Crippen molar-refractivity contribution >= 4 is 5.70 Å². The van der Waals surface area contributed by atoms with E-state index >= 15 is 0 Å². The molecule has 2 heterocycles. The van der Waals surface area contributed by atoms with Crippen molar-refractivity contribution in [2.45, 2.75) is 32.0 Å². The van der Waals surface area contributed by atoms with Gasteiger partial charge in [0.15, 0.2) is 0 Å². The summed E-state index contributed by atoms with van der Waals surface area (Å²) in [6.07, 6.45) is 2.71. The topological polar surface area (TPSA) is 95.5 Å². The molecular weight excluding hydrogens is 332 g/mol. The molecule has 2 aromatic rings. The number of nitriles is 1. The molecule has 0 saturated heterocycles. The van der Waals surface area contributed by atoms with E-state index < -0.39 is 11.7 Å². The summed E-state index contributed by atoms with van der Waals surface area (Å²) >= 11 is 0. The van der Waals surface area contributed by atoms with Crippen LogP contribution in [0.2, 0.25) is 0 Å². The van der Waals surface area contributed by atoms with Gasteiger partial charge in [-0.25, -0.2) is 0 Å². The van der Waals surface area contributed by atoms with Crippen molar-refractivity contribution in [1.29, 1.82) is 5.26 Å². The van der Waals surface area contributed by atoms with Gasteiger partial charge in [-0.15, -0.1) is 0 Å². The summed E-state index contributed by atoms with van der Waals surface area (Å²) in [6, 6.07) is 10.2. The zero-order valence-electron chi connectivity index (χ0n) is 14.6. The Balaban J connectivity index is 2.12. The van der Waals surface area contributed by atoms with E-state index in [1.54, 1.807) is 30.5 Å². The van der Waals surface area contributed by atoms with E-state index in [0.717, 1.165) is 0 Å². The summed E-state index contributed by atoms with van der Waals surface area (Å²) in [4.78, 5) is 12.7. The molecule has 0 spiro atoms. The van der Waals surface area contributed by atoms with Crippen molar-refractivity contribution in [3.8, 4) is 11.8 Å². The third kappa shape index (κ3) is 3.40. The second-order valence-electron chi connectivity index (χ2n) is 6.75. The van der Waals surface area contributed by atoms with Gasteiger partial charge in [-0.1, -0.05) is 0 Å². The van der Waals surface area contributed by atoms with Gasteiger partial charge in [0.05, 0.1) is 23.4 Å². The predicted octanol–water partition coefficient (Wildman–Crippen LogP) is 2.20. The van der Waals surface area contributed by atoms with Crippen molar-refractivity contribution in [3.63, 3.8) is 0 Å². The third-order valence-electron chi connectivity index (χ3n) is 4.23. The van der Waals surface area contributed by atoms with Gasteiger partial charge in [0.25, 0.3) is 5.56 Å². The highest BCUT2D eigenvalue weighted by Gasteiger charge is 2.28. The van der Waals surface area contributed by atoms with Crippen molar-refractivity contribution in [2.24, 2.45) is 0 Å². The first-order valence-electron chi connectivity index (χ1n) is 8.33. The average Bonchev–Trinajstić information content (AvgIpc) is 2.60. The summed E-state index contributed by atoms with van der Waals surface area (Å²) in [5, 5.41) is 28.1. The van der Waals surface area contributed by atoms with Gasteiger partial charge < -0.3 is 14.9 Å². The monoisotopic (exact) mass is 352 g/mol. The Labute approximate surface area is 151 Å². The largest absolute Gasteiger partial charge is 0.483 e. The fourth-order valence-electron chi connectivity index (χ4n) is 3.00. The summed E-state index contributed by atoms with van der Waals surface area (Å²) in [5.41, 5.74) is 1.29. The molecule has 0 bridgehead atoms. The van der Waals surface area contributed by atoms with Gasteiger partial charge in [0.2, 0.25) is 0 Å². The first-order valence-corrected chi connectivity index (χ1v) is 8.33. The van der Waals surface area contributed by atoms with Gasteiger partial charge in [0, 0.05) is 30.9 Å². The summed E-state index contributed by atoms with van der Waals surface area (Å²) in [5.74, 6) is 0.600. The van der Waals surface area contributed by atoms with Crippen LogP contribution in [0, 0.1) is 11.3 Å². The lowest BCUT2D eigenvalue weighted by Crippen LogP contribution is -2.32. The Morgan fingerprint density at radius 2 is 2.08 bits per heavy atom. The fourth-order valence-corrected chi connectivity index (χ4v) is 3.00. The maximum absolute atomic E-state index is 12.7. The van der Waals surface area contributed by atoms with E-state index in [9.17, 15) is 15.2 Å². The van der Waals surface area contributed by atoms with E-state index in [1.165, 1.54) is 10.6 Å². The zero-order valence-corrected chi connectivity index (χ0v) is 14.6.